The molecule has 27 heavy (non-hydrogen) atoms. The molecular formula is C21H28N2O3S. The predicted octanol–water partition coefficient (Wildman–Crippen LogP) is 2.43. The molecule has 0 aromatic heterocycles. The monoisotopic (exact) mass is 388 g/mol. The van der Waals surface area contributed by atoms with E-state index in [2.05, 4.69) is 11.0 Å². The lowest BCUT2D eigenvalue weighted by Gasteiger charge is -2.34. The topological polar surface area (TPSA) is 49.9 Å². The van der Waals surface area contributed by atoms with Gasteiger partial charge in [0.2, 0.25) is 10.0 Å². The summed E-state index contributed by atoms with van der Waals surface area (Å²) in [5, 5.41) is 0. The second-order valence-corrected chi connectivity index (χ2v) is 8.94. The number of methoxy groups -OCH3 is 1. The van der Waals surface area contributed by atoms with Gasteiger partial charge in [0.15, 0.2) is 0 Å². The maximum Gasteiger partial charge on any atom is 0.214 e. The van der Waals surface area contributed by atoms with E-state index in [0.717, 1.165) is 37.4 Å². The van der Waals surface area contributed by atoms with Crippen LogP contribution >= 0.6 is 0 Å². The number of hydrogen-bond donors (Lipinski definition) is 0. The molecule has 0 unspecified atom stereocenters. The number of nitrogens with zero attached hydrogens (tertiary/aromatic N) is 2. The zero-order valence-corrected chi connectivity index (χ0v) is 16.7. The predicted molar refractivity (Wildman–Crippen MR) is 109 cm³/mol. The van der Waals surface area contributed by atoms with Gasteiger partial charge in [0.1, 0.15) is 5.75 Å². The standard InChI is InChI=1S/C21H28N2O3S/c1-26-21-10-6-5-9-20(21)11-13-22-14-16-23(17-15-22)27(24,25)18-12-19-7-3-2-4-8-19/h2-10H,11-18H2,1H3. The molecule has 5 nitrogen and oxygen atoms in total. The van der Waals surface area contributed by atoms with E-state index in [9.17, 15) is 8.42 Å². The van der Waals surface area contributed by atoms with Gasteiger partial charge >= 0.3 is 0 Å². The molecule has 6 heteroatoms. The van der Waals surface area contributed by atoms with Gasteiger partial charge in [-0.25, -0.2) is 8.42 Å². The van der Waals surface area contributed by atoms with Crippen LogP contribution in [0.5, 0.6) is 5.75 Å². The van der Waals surface area contributed by atoms with Gasteiger partial charge in [-0.1, -0.05) is 48.5 Å². The smallest absolute Gasteiger partial charge is 0.214 e. The van der Waals surface area contributed by atoms with Crippen molar-refractivity contribution in [2.75, 3.05) is 45.6 Å². The fraction of sp³-hybridized carbons (Fsp3) is 0.429. The Labute approximate surface area is 162 Å². The van der Waals surface area contributed by atoms with E-state index in [1.54, 1.807) is 11.4 Å². The van der Waals surface area contributed by atoms with Gasteiger partial charge in [-0.2, -0.15) is 4.31 Å². The molecule has 0 aliphatic carbocycles. The van der Waals surface area contributed by atoms with Gasteiger partial charge in [0.25, 0.3) is 0 Å². The van der Waals surface area contributed by atoms with E-state index in [0.29, 0.717) is 19.5 Å². The lowest BCUT2D eigenvalue weighted by atomic mass is 10.1. The van der Waals surface area contributed by atoms with E-state index >= 15 is 0 Å². The Morgan fingerprint density at radius 3 is 2.26 bits per heavy atom. The third-order valence-corrected chi connectivity index (χ3v) is 6.98. The minimum atomic E-state index is -3.20. The lowest BCUT2D eigenvalue weighted by molar-refractivity contribution is 0.190. The van der Waals surface area contributed by atoms with Crippen LogP contribution in [0.1, 0.15) is 11.1 Å². The quantitative estimate of drug-likeness (QED) is 0.697. The SMILES string of the molecule is COc1ccccc1CCN1CCN(S(=O)(=O)CCc2ccccc2)CC1. The van der Waals surface area contributed by atoms with Crippen LogP contribution in [0.2, 0.25) is 0 Å². The fourth-order valence-electron chi connectivity index (χ4n) is 3.44. The fourth-order valence-corrected chi connectivity index (χ4v) is 4.91. The van der Waals surface area contributed by atoms with E-state index < -0.39 is 10.0 Å². The Hall–Kier alpha value is -1.89. The Bertz CT molecular complexity index is 816. The molecule has 1 aliphatic heterocycles. The van der Waals surface area contributed by atoms with Crippen LogP contribution in [-0.4, -0.2) is 63.2 Å². The van der Waals surface area contributed by atoms with Crippen LogP contribution in [-0.2, 0) is 22.9 Å². The molecule has 1 aliphatic rings. The molecule has 1 heterocycles. The molecular weight excluding hydrogens is 360 g/mol. The van der Waals surface area contributed by atoms with Gasteiger partial charge < -0.3 is 9.64 Å². The van der Waals surface area contributed by atoms with Crippen molar-refractivity contribution >= 4 is 10.0 Å². The Morgan fingerprint density at radius 2 is 1.56 bits per heavy atom. The highest BCUT2D eigenvalue weighted by Gasteiger charge is 2.26. The third kappa shape index (κ3) is 5.54. The number of hydrogen-bond acceptors (Lipinski definition) is 4. The Morgan fingerprint density at radius 1 is 0.889 bits per heavy atom. The van der Waals surface area contributed by atoms with Crippen LogP contribution in [0.15, 0.2) is 54.6 Å². The first kappa shape index (κ1) is 19.9. The maximum atomic E-state index is 12.6. The highest BCUT2D eigenvalue weighted by Crippen LogP contribution is 2.18. The average Bonchev–Trinajstić information content (AvgIpc) is 2.72. The van der Waals surface area contributed by atoms with Crippen LogP contribution in [0.3, 0.4) is 0 Å². The molecule has 146 valence electrons. The number of sulfonamides is 1. The second kappa shape index (κ2) is 9.35. The van der Waals surface area contributed by atoms with E-state index in [4.69, 9.17) is 4.74 Å². The van der Waals surface area contributed by atoms with Crippen LogP contribution < -0.4 is 4.74 Å². The van der Waals surface area contributed by atoms with Gasteiger partial charge in [-0.05, 0) is 30.0 Å². The summed E-state index contributed by atoms with van der Waals surface area (Å²) in [5.41, 5.74) is 2.26. The average molecular weight is 389 g/mol. The maximum absolute atomic E-state index is 12.6. The van der Waals surface area contributed by atoms with Gasteiger partial charge in [-0.3, -0.25) is 0 Å². The highest BCUT2D eigenvalue weighted by molar-refractivity contribution is 7.89. The summed E-state index contributed by atoms with van der Waals surface area (Å²) in [5.74, 6) is 1.10. The van der Waals surface area contributed by atoms with Crippen molar-refractivity contribution in [3.63, 3.8) is 0 Å². The van der Waals surface area contributed by atoms with E-state index in [1.165, 1.54) is 5.56 Å². The summed E-state index contributed by atoms with van der Waals surface area (Å²) < 4.78 is 32.3. The van der Waals surface area contributed by atoms with Gasteiger partial charge in [0.05, 0.1) is 12.9 Å². The molecule has 1 saturated heterocycles. The first-order chi connectivity index (χ1) is 13.1. The summed E-state index contributed by atoms with van der Waals surface area (Å²) in [6.45, 7) is 3.61. The second-order valence-electron chi connectivity index (χ2n) is 6.85. The largest absolute Gasteiger partial charge is 0.496 e. The first-order valence-electron chi connectivity index (χ1n) is 9.44. The summed E-state index contributed by atoms with van der Waals surface area (Å²) >= 11 is 0. The molecule has 2 aromatic carbocycles. The number of piperazine rings is 1. The zero-order chi connectivity index (χ0) is 19.1. The van der Waals surface area contributed by atoms with Crippen molar-refractivity contribution in [3.05, 3.63) is 65.7 Å². The number of aryl methyl sites for hydroxylation is 1. The minimum absolute atomic E-state index is 0.179. The summed E-state index contributed by atoms with van der Waals surface area (Å²) in [4.78, 5) is 2.33. The van der Waals surface area contributed by atoms with Crippen molar-refractivity contribution in [2.24, 2.45) is 0 Å². The van der Waals surface area contributed by atoms with Crippen molar-refractivity contribution in [2.45, 2.75) is 12.8 Å². The molecule has 0 spiro atoms. The van der Waals surface area contributed by atoms with Crippen molar-refractivity contribution in [1.82, 2.24) is 9.21 Å². The Kier molecular flexibility index (Phi) is 6.88. The number of ether oxygens (including phenoxy) is 1. The molecule has 3 rings (SSSR count). The van der Waals surface area contributed by atoms with Gasteiger partial charge in [-0.15, -0.1) is 0 Å². The molecule has 0 N–H and O–H groups in total. The minimum Gasteiger partial charge on any atom is -0.496 e. The Balaban J connectivity index is 1.46. The molecule has 0 atom stereocenters. The van der Waals surface area contributed by atoms with E-state index in [1.807, 2.05) is 48.5 Å². The molecule has 0 amide bonds. The normalized spacial score (nSPS) is 16.3. The van der Waals surface area contributed by atoms with Gasteiger partial charge in [0, 0.05) is 32.7 Å². The van der Waals surface area contributed by atoms with Crippen LogP contribution in [0.4, 0.5) is 0 Å². The van der Waals surface area contributed by atoms with Crippen LogP contribution in [0.25, 0.3) is 0 Å². The summed E-state index contributed by atoms with van der Waals surface area (Å²) in [6, 6.07) is 17.9. The summed E-state index contributed by atoms with van der Waals surface area (Å²) in [7, 11) is -1.50. The van der Waals surface area contributed by atoms with E-state index in [-0.39, 0.29) is 5.75 Å². The molecule has 2 aromatic rings. The first-order valence-corrected chi connectivity index (χ1v) is 11.1. The van der Waals surface area contributed by atoms with Crippen molar-refractivity contribution in [3.8, 4) is 5.75 Å². The lowest BCUT2D eigenvalue weighted by Crippen LogP contribution is -2.49. The molecule has 0 saturated carbocycles. The number of para-hydroxylation sites is 1. The van der Waals surface area contributed by atoms with Crippen LogP contribution in [0, 0.1) is 0 Å². The summed E-state index contributed by atoms with van der Waals surface area (Å²) in [6.07, 6.45) is 1.47. The molecule has 1 fully saturated rings. The molecule has 0 radical (unpaired) electrons. The number of benzene rings is 2. The van der Waals surface area contributed by atoms with Crippen molar-refractivity contribution in [1.29, 1.82) is 0 Å². The molecule has 0 bridgehead atoms. The highest BCUT2D eigenvalue weighted by atomic mass is 32.2. The third-order valence-electron chi connectivity index (χ3n) is 5.11. The number of rotatable bonds is 8. The van der Waals surface area contributed by atoms with Crippen molar-refractivity contribution < 1.29 is 13.2 Å². The zero-order valence-electron chi connectivity index (χ0n) is 15.9.